The maximum absolute atomic E-state index is 12.2. The van der Waals surface area contributed by atoms with Crippen molar-refractivity contribution in [1.29, 1.82) is 0 Å². The number of rotatable bonds is 2. The van der Waals surface area contributed by atoms with E-state index in [4.69, 9.17) is 0 Å². The predicted molar refractivity (Wildman–Crippen MR) is 82.9 cm³/mol. The van der Waals surface area contributed by atoms with Crippen molar-refractivity contribution in [2.75, 3.05) is 5.32 Å². The summed E-state index contributed by atoms with van der Waals surface area (Å²) in [5.74, 6) is -0.176. The van der Waals surface area contributed by atoms with Crippen LogP contribution in [0.15, 0.2) is 47.2 Å². The largest absolute Gasteiger partial charge is 0.356 e. The number of hydrogen-bond acceptors (Lipinski definition) is 2. The molecule has 1 amide bonds. The zero-order valence-corrected chi connectivity index (χ0v) is 12.4. The first-order valence-electron chi connectivity index (χ1n) is 6.15. The molecule has 2 N–H and O–H groups in total. The lowest BCUT2D eigenvalue weighted by molar-refractivity contribution is 0.102. The van der Waals surface area contributed by atoms with Gasteiger partial charge in [0.25, 0.3) is 5.91 Å². The molecule has 0 aliphatic heterocycles. The number of nitrogens with zero attached hydrogens (tertiary/aromatic N) is 1. The molecule has 0 fully saturated rings. The Morgan fingerprint density at radius 3 is 2.95 bits per heavy atom. The third kappa shape index (κ3) is 2.32. The molecule has 4 nitrogen and oxygen atoms in total. The van der Waals surface area contributed by atoms with Crippen LogP contribution in [0.3, 0.4) is 0 Å². The second-order valence-corrected chi connectivity index (χ2v) is 5.43. The molecule has 3 rings (SSSR count). The normalized spacial score (nSPS) is 10.7. The standard InChI is InChI=1S/C15H12BrN3O/c1-9-4-5-12(11-3-2-6-17-14(9)11)19-15(20)13-7-10(16)8-18-13/h2-8,18H,1H3,(H,19,20). The van der Waals surface area contributed by atoms with Crippen molar-refractivity contribution in [2.45, 2.75) is 6.92 Å². The molecular weight excluding hydrogens is 318 g/mol. The number of amides is 1. The Hall–Kier alpha value is -2.14. The lowest BCUT2D eigenvalue weighted by atomic mass is 10.1. The van der Waals surface area contributed by atoms with Gasteiger partial charge in [0.2, 0.25) is 0 Å². The summed E-state index contributed by atoms with van der Waals surface area (Å²) in [6.07, 6.45) is 3.48. The summed E-state index contributed by atoms with van der Waals surface area (Å²) in [6, 6.07) is 9.41. The second kappa shape index (κ2) is 5.09. The minimum absolute atomic E-state index is 0.176. The average Bonchev–Trinajstić information content (AvgIpc) is 2.89. The average molecular weight is 330 g/mol. The van der Waals surface area contributed by atoms with E-state index < -0.39 is 0 Å². The molecule has 0 unspecified atom stereocenters. The Balaban J connectivity index is 1.99. The van der Waals surface area contributed by atoms with Crippen LogP contribution < -0.4 is 5.32 Å². The maximum Gasteiger partial charge on any atom is 0.272 e. The molecular formula is C15H12BrN3O. The highest BCUT2D eigenvalue weighted by Gasteiger charge is 2.11. The van der Waals surface area contributed by atoms with Gasteiger partial charge < -0.3 is 10.3 Å². The first-order valence-corrected chi connectivity index (χ1v) is 6.94. The fourth-order valence-electron chi connectivity index (χ4n) is 2.11. The maximum atomic E-state index is 12.2. The molecule has 2 heterocycles. The third-order valence-electron chi connectivity index (χ3n) is 3.11. The van der Waals surface area contributed by atoms with Gasteiger partial charge in [-0.15, -0.1) is 0 Å². The molecule has 1 aromatic carbocycles. The number of hydrogen-bond donors (Lipinski definition) is 2. The summed E-state index contributed by atoms with van der Waals surface area (Å²) in [7, 11) is 0. The van der Waals surface area contributed by atoms with Crippen LogP contribution in [0, 0.1) is 6.92 Å². The van der Waals surface area contributed by atoms with E-state index in [1.54, 1.807) is 18.5 Å². The SMILES string of the molecule is Cc1ccc(NC(=O)c2cc(Br)c[nH]2)c2cccnc12. The van der Waals surface area contributed by atoms with Gasteiger partial charge >= 0.3 is 0 Å². The minimum Gasteiger partial charge on any atom is -0.356 e. The molecule has 0 atom stereocenters. The highest BCUT2D eigenvalue weighted by atomic mass is 79.9. The van der Waals surface area contributed by atoms with Crippen molar-refractivity contribution < 1.29 is 4.79 Å². The van der Waals surface area contributed by atoms with Crippen molar-refractivity contribution in [3.8, 4) is 0 Å². The monoisotopic (exact) mass is 329 g/mol. The highest BCUT2D eigenvalue weighted by Crippen LogP contribution is 2.25. The number of aromatic nitrogens is 2. The zero-order valence-electron chi connectivity index (χ0n) is 10.8. The van der Waals surface area contributed by atoms with Crippen molar-refractivity contribution in [2.24, 2.45) is 0 Å². The summed E-state index contributed by atoms with van der Waals surface area (Å²) < 4.78 is 0.845. The lowest BCUT2D eigenvalue weighted by Crippen LogP contribution is -2.12. The van der Waals surface area contributed by atoms with Gasteiger partial charge in [0, 0.05) is 22.3 Å². The fourth-order valence-corrected chi connectivity index (χ4v) is 2.45. The molecule has 3 aromatic rings. The molecule has 0 saturated heterocycles. The smallest absolute Gasteiger partial charge is 0.272 e. The van der Waals surface area contributed by atoms with Gasteiger partial charge in [-0.25, -0.2) is 0 Å². The van der Waals surface area contributed by atoms with E-state index in [1.165, 1.54) is 0 Å². The molecule has 0 aliphatic carbocycles. The number of benzene rings is 1. The van der Waals surface area contributed by atoms with Crippen molar-refractivity contribution >= 4 is 38.4 Å². The summed E-state index contributed by atoms with van der Waals surface area (Å²) >= 11 is 3.31. The number of carbonyl (C=O) groups is 1. The van der Waals surface area contributed by atoms with Gasteiger partial charge in [-0.2, -0.15) is 0 Å². The third-order valence-corrected chi connectivity index (χ3v) is 3.57. The minimum atomic E-state index is -0.176. The second-order valence-electron chi connectivity index (χ2n) is 4.52. The number of carbonyl (C=O) groups excluding carboxylic acids is 1. The van der Waals surface area contributed by atoms with E-state index >= 15 is 0 Å². The van der Waals surface area contributed by atoms with Crippen molar-refractivity contribution in [3.05, 3.63) is 58.5 Å². The van der Waals surface area contributed by atoms with Crippen LogP contribution in [0.1, 0.15) is 16.1 Å². The van der Waals surface area contributed by atoms with E-state index in [0.29, 0.717) is 5.69 Å². The summed E-state index contributed by atoms with van der Waals surface area (Å²) in [4.78, 5) is 19.4. The summed E-state index contributed by atoms with van der Waals surface area (Å²) in [5, 5.41) is 3.85. The van der Waals surface area contributed by atoms with Crippen LogP contribution in [-0.4, -0.2) is 15.9 Å². The number of fused-ring (bicyclic) bond motifs is 1. The topological polar surface area (TPSA) is 57.8 Å². The van der Waals surface area contributed by atoms with Crippen molar-refractivity contribution in [1.82, 2.24) is 9.97 Å². The van der Waals surface area contributed by atoms with Crippen LogP contribution in [0.5, 0.6) is 0 Å². The summed E-state index contributed by atoms with van der Waals surface area (Å²) in [6.45, 7) is 2.00. The van der Waals surface area contributed by atoms with Crippen LogP contribution in [0.2, 0.25) is 0 Å². The van der Waals surface area contributed by atoms with Crippen LogP contribution in [-0.2, 0) is 0 Å². The van der Waals surface area contributed by atoms with E-state index in [2.05, 4.69) is 31.2 Å². The first kappa shape index (κ1) is 12.9. The molecule has 2 aromatic heterocycles. The Labute approximate surface area is 124 Å². The van der Waals surface area contributed by atoms with Gasteiger partial charge in [-0.1, -0.05) is 6.07 Å². The molecule has 0 aliphatic rings. The lowest BCUT2D eigenvalue weighted by Gasteiger charge is -2.09. The Bertz CT molecular complexity index is 795. The van der Waals surface area contributed by atoms with E-state index in [-0.39, 0.29) is 5.91 Å². The molecule has 5 heteroatoms. The van der Waals surface area contributed by atoms with E-state index in [0.717, 1.165) is 26.6 Å². The molecule has 100 valence electrons. The number of aryl methyl sites for hydroxylation is 1. The highest BCUT2D eigenvalue weighted by molar-refractivity contribution is 9.10. The number of aromatic amines is 1. The van der Waals surface area contributed by atoms with Gasteiger partial charge in [0.15, 0.2) is 0 Å². The first-order chi connectivity index (χ1) is 9.65. The van der Waals surface area contributed by atoms with Gasteiger partial charge in [0.1, 0.15) is 5.69 Å². The number of nitrogens with one attached hydrogen (secondary N) is 2. The van der Waals surface area contributed by atoms with E-state index in [9.17, 15) is 4.79 Å². The number of halogens is 1. The summed E-state index contributed by atoms with van der Waals surface area (Å²) in [5.41, 5.74) is 3.25. The van der Waals surface area contributed by atoms with Crippen molar-refractivity contribution in [3.63, 3.8) is 0 Å². The van der Waals surface area contributed by atoms with Gasteiger partial charge in [-0.3, -0.25) is 9.78 Å². The number of pyridine rings is 1. The zero-order chi connectivity index (χ0) is 14.1. The molecule has 20 heavy (non-hydrogen) atoms. The Kier molecular flexibility index (Phi) is 3.28. The molecule has 0 saturated carbocycles. The van der Waals surface area contributed by atoms with Crippen LogP contribution >= 0.6 is 15.9 Å². The molecule has 0 spiro atoms. The van der Waals surface area contributed by atoms with Crippen LogP contribution in [0.4, 0.5) is 5.69 Å². The number of anilines is 1. The quantitative estimate of drug-likeness (QED) is 0.749. The Morgan fingerprint density at radius 2 is 2.20 bits per heavy atom. The fraction of sp³-hybridized carbons (Fsp3) is 0.0667. The molecule has 0 bridgehead atoms. The molecule has 0 radical (unpaired) electrons. The number of H-pyrrole nitrogens is 1. The van der Waals surface area contributed by atoms with Gasteiger partial charge in [0.05, 0.1) is 11.2 Å². The van der Waals surface area contributed by atoms with E-state index in [1.807, 2.05) is 31.2 Å². The Morgan fingerprint density at radius 1 is 1.35 bits per heavy atom. The van der Waals surface area contributed by atoms with Crippen LogP contribution in [0.25, 0.3) is 10.9 Å². The predicted octanol–water partition coefficient (Wildman–Crippen LogP) is 3.89. The van der Waals surface area contributed by atoms with Gasteiger partial charge in [-0.05, 0) is 52.7 Å².